The number of aryl methyl sites for hydroxylation is 1. The third kappa shape index (κ3) is 3.29. The highest BCUT2D eigenvalue weighted by Crippen LogP contribution is 2.27. The van der Waals surface area contributed by atoms with E-state index in [1.54, 1.807) is 7.11 Å². The van der Waals surface area contributed by atoms with Gasteiger partial charge in [-0.05, 0) is 31.2 Å². The van der Waals surface area contributed by atoms with Crippen LogP contribution in [-0.2, 0) is 0 Å². The van der Waals surface area contributed by atoms with Crippen LogP contribution in [0.2, 0.25) is 0 Å². The summed E-state index contributed by atoms with van der Waals surface area (Å²) in [4.78, 5) is 0. The summed E-state index contributed by atoms with van der Waals surface area (Å²) in [7, 11) is 1.62. The highest BCUT2D eigenvalue weighted by Gasteiger charge is 2.15. The third-order valence-corrected chi connectivity index (χ3v) is 2.96. The fraction of sp³-hybridized carbons (Fsp3) is 0.333. The monoisotopic (exact) mass is 261 g/mol. The smallest absolute Gasteiger partial charge is 0.161 e. The quantitative estimate of drug-likeness (QED) is 0.868. The molecule has 1 unspecified atom stereocenters. The normalized spacial score (nSPS) is 12.2. The number of para-hydroxylation sites is 2. The third-order valence-electron chi connectivity index (χ3n) is 2.96. The first-order valence-electron chi connectivity index (χ1n) is 6.26. The highest BCUT2D eigenvalue weighted by molar-refractivity contribution is 5.39. The fourth-order valence-corrected chi connectivity index (χ4v) is 1.87. The van der Waals surface area contributed by atoms with E-state index in [0.717, 1.165) is 11.5 Å². The van der Waals surface area contributed by atoms with Crippen molar-refractivity contribution in [2.45, 2.75) is 12.8 Å². The fourth-order valence-electron chi connectivity index (χ4n) is 1.87. The van der Waals surface area contributed by atoms with Crippen molar-refractivity contribution in [3.05, 3.63) is 47.9 Å². The zero-order chi connectivity index (χ0) is 13.7. The number of ether oxygens (including phenoxy) is 2. The minimum Gasteiger partial charge on any atom is -0.493 e. The largest absolute Gasteiger partial charge is 0.493 e. The second-order valence-electron chi connectivity index (χ2n) is 4.34. The van der Waals surface area contributed by atoms with Gasteiger partial charge < -0.3 is 19.6 Å². The Bertz CT molecular complexity index is 522. The SMILES string of the molecule is COc1ccccc1OCC(CN)c1ccc(C)o1. The van der Waals surface area contributed by atoms with Crippen molar-refractivity contribution in [2.75, 3.05) is 20.3 Å². The summed E-state index contributed by atoms with van der Waals surface area (Å²) in [6.07, 6.45) is 0. The number of hydrogen-bond acceptors (Lipinski definition) is 4. The summed E-state index contributed by atoms with van der Waals surface area (Å²) in [5, 5.41) is 0. The summed E-state index contributed by atoms with van der Waals surface area (Å²) in [6, 6.07) is 11.4. The lowest BCUT2D eigenvalue weighted by molar-refractivity contribution is 0.258. The number of benzene rings is 1. The van der Waals surface area contributed by atoms with Gasteiger partial charge in [0.25, 0.3) is 0 Å². The van der Waals surface area contributed by atoms with Gasteiger partial charge in [-0.2, -0.15) is 0 Å². The van der Waals surface area contributed by atoms with Crippen LogP contribution >= 0.6 is 0 Å². The van der Waals surface area contributed by atoms with Crippen LogP contribution < -0.4 is 15.2 Å². The Hall–Kier alpha value is -1.94. The van der Waals surface area contributed by atoms with Crippen LogP contribution in [0, 0.1) is 6.92 Å². The van der Waals surface area contributed by atoms with E-state index in [0.29, 0.717) is 24.7 Å². The molecule has 0 spiro atoms. The van der Waals surface area contributed by atoms with E-state index >= 15 is 0 Å². The number of nitrogens with two attached hydrogens (primary N) is 1. The molecule has 1 atom stereocenters. The molecule has 0 aliphatic heterocycles. The van der Waals surface area contributed by atoms with Gasteiger partial charge in [0.1, 0.15) is 11.5 Å². The van der Waals surface area contributed by atoms with E-state index in [-0.39, 0.29) is 5.92 Å². The number of methoxy groups -OCH3 is 1. The van der Waals surface area contributed by atoms with Crippen LogP contribution in [0.4, 0.5) is 0 Å². The van der Waals surface area contributed by atoms with Crippen molar-refractivity contribution in [2.24, 2.45) is 5.73 Å². The second-order valence-corrected chi connectivity index (χ2v) is 4.34. The van der Waals surface area contributed by atoms with Gasteiger partial charge in [-0.25, -0.2) is 0 Å². The molecule has 0 saturated heterocycles. The Morgan fingerprint density at radius 2 is 1.89 bits per heavy atom. The van der Waals surface area contributed by atoms with Gasteiger partial charge in [0, 0.05) is 6.54 Å². The summed E-state index contributed by atoms with van der Waals surface area (Å²) >= 11 is 0. The van der Waals surface area contributed by atoms with Crippen molar-refractivity contribution < 1.29 is 13.9 Å². The molecule has 0 bridgehead atoms. The molecule has 2 aromatic rings. The summed E-state index contributed by atoms with van der Waals surface area (Å²) in [5.74, 6) is 3.21. The predicted molar refractivity (Wildman–Crippen MR) is 73.7 cm³/mol. The van der Waals surface area contributed by atoms with Crippen LogP contribution in [0.25, 0.3) is 0 Å². The first kappa shape index (κ1) is 13.5. The topological polar surface area (TPSA) is 57.6 Å². The van der Waals surface area contributed by atoms with E-state index in [9.17, 15) is 0 Å². The molecule has 19 heavy (non-hydrogen) atoms. The molecule has 0 fully saturated rings. The van der Waals surface area contributed by atoms with E-state index in [2.05, 4.69) is 0 Å². The van der Waals surface area contributed by atoms with Gasteiger partial charge in [-0.1, -0.05) is 12.1 Å². The second kappa shape index (κ2) is 6.29. The van der Waals surface area contributed by atoms with Crippen molar-refractivity contribution in [1.82, 2.24) is 0 Å². The molecule has 0 radical (unpaired) electrons. The van der Waals surface area contributed by atoms with Crippen LogP contribution in [0.1, 0.15) is 17.4 Å². The van der Waals surface area contributed by atoms with Gasteiger partial charge >= 0.3 is 0 Å². The van der Waals surface area contributed by atoms with Gasteiger partial charge in [0.2, 0.25) is 0 Å². The maximum atomic E-state index is 5.78. The molecular formula is C15H19NO3. The minimum atomic E-state index is 0.0404. The van der Waals surface area contributed by atoms with Gasteiger partial charge in [0.15, 0.2) is 11.5 Å². The van der Waals surface area contributed by atoms with E-state index < -0.39 is 0 Å². The van der Waals surface area contributed by atoms with Crippen molar-refractivity contribution in [3.63, 3.8) is 0 Å². The average Bonchev–Trinajstić information content (AvgIpc) is 2.86. The molecule has 1 heterocycles. The molecule has 2 N–H and O–H groups in total. The van der Waals surface area contributed by atoms with Crippen LogP contribution in [-0.4, -0.2) is 20.3 Å². The average molecular weight is 261 g/mol. The Kier molecular flexibility index (Phi) is 4.47. The number of furan rings is 1. The van der Waals surface area contributed by atoms with E-state index in [1.165, 1.54) is 0 Å². The maximum absolute atomic E-state index is 5.78. The first-order valence-corrected chi connectivity index (χ1v) is 6.26. The van der Waals surface area contributed by atoms with Crippen molar-refractivity contribution in [3.8, 4) is 11.5 Å². The van der Waals surface area contributed by atoms with E-state index in [1.807, 2.05) is 43.3 Å². The summed E-state index contributed by atoms with van der Waals surface area (Å²) < 4.78 is 16.6. The molecule has 1 aromatic heterocycles. The Labute approximate surface area is 113 Å². The lowest BCUT2D eigenvalue weighted by Crippen LogP contribution is -2.19. The van der Waals surface area contributed by atoms with Crippen molar-refractivity contribution in [1.29, 1.82) is 0 Å². The van der Waals surface area contributed by atoms with Gasteiger partial charge in [-0.15, -0.1) is 0 Å². The lowest BCUT2D eigenvalue weighted by atomic mass is 10.1. The Morgan fingerprint density at radius 3 is 2.47 bits per heavy atom. The molecule has 0 saturated carbocycles. The molecule has 0 aliphatic rings. The Morgan fingerprint density at radius 1 is 1.16 bits per heavy atom. The highest BCUT2D eigenvalue weighted by atomic mass is 16.5. The molecule has 1 aromatic carbocycles. The molecule has 4 heteroatoms. The summed E-state index contributed by atoms with van der Waals surface area (Å²) in [6.45, 7) is 2.85. The number of hydrogen-bond donors (Lipinski definition) is 1. The van der Waals surface area contributed by atoms with Gasteiger partial charge in [-0.3, -0.25) is 0 Å². The molecule has 0 aliphatic carbocycles. The molecular weight excluding hydrogens is 242 g/mol. The van der Waals surface area contributed by atoms with Crippen LogP contribution in [0.5, 0.6) is 11.5 Å². The first-order chi connectivity index (χ1) is 9.24. The molecule has 4 nitrogen and oxygen atoms in total. The standard InChI is InChI=1S/C15H19NO3/c1-11-7-8-13(19-11)12(9-16)10-18-15-6-4-3-5-14(15)17-2/h3-8,12H,9-10,16H2,1-2H3. The van der Waals surface area contributed by atoms with Crippen LogP contribution in [0.3, 0.4) is 0 Å². The van der Waals surface area contributed by atoms with Gasteiger partial charge in [0.05, 0.1) is 19.6 Å². The van der Waals surface area contributed by atoms with Crippen LogP contribution in [0.15, 0.2) is 40.8 Å². The minimum absolute atomic E-state index is 0.0404. The predicted octanol–water partition coefficient (Wildman–Crippen LogP) is 2.72. The zero-order valence-electron chi connectivity index (χ0n) is 11.3. The molecule has 2 rings (SSSR count). The number of rotatable bonds is 6. The lowest BCUT2D eigenvalue weighted by Gasteiger charge is -2.15. The maximum Gasteiger partial charge on any atom is 0.161 e. The van der Waals surface area contributed by atoms with Crippen molar-refractivity contribution >= 4 is 0 Å². The Balaban J connectivity index is 2.04. The summed E-state index contributed by atoms with van der Waals surface area (Å²) in [5.41, 5.74) is 5.78. The zero-order valence-corrected chi connectivity index (χ0v) is 11.3. The molecule has 0 amide bonds. The molecule has 102 valence electrons. The van der Waals surface area contributed by atoms with E-state index in [4.69, 9.17) is 19.6 Å².